The summed E-state index contributed by atoms with van der Waals surface area (Å²) >= 11 is 11.4. The molecule has 1 aliphatic rings. The predicted molar refractivity (Wildman–Crippen MR) is 121 cm³/mol. The van der Waals surface area contributed by atoms with Crippen LogP contribution >= 0.6 is 23.8 Å². The molecule has 0 spiro atoms. The number of nitrogens with one attached hydrogen (secondary N) is 1. The Morgan fingerprint density at radius 2 is 2.03 bits per heavy atom. The number of thiocarbonyl (C=S) groups is 1. The number of ether oxygens (including phenoxy) is 1. The molecule has 2 amide bonds. The number of hydrogen-bond donors (Lipinski definition) is 2. The van der Waals surface area contributed by atoms with Gasteiger partial charge in [0.05, 0.1) is 17.3 Å². The molecule has 0 aliphatic carbocycles. The average Bonchev–Trinajstić information content (AvgIpc) is 2.70. The van der Waals surface area contributed by atoms with E-state index >= 15 is 0 Å². The summed E-state index contributed by atoms with van der Waals surface area (Å²) in [5, 5.41) is 13.1. The highest BCUT2D eigenvalue weighted by Crippen LogP contribution is 2.34. The van der Waals surface area contributed by atoms with Gasteiger partial charge in [0.15, 0.2) is 16.6 Å². The Balaban J connectivity index is 2.08. The lowest BCUT2D eigenvalue weighted by atomic mass is 10.0. The second kappa shape index (κ2) is 9.11. The van der Waals surface area contributed by atoms with Gasteiger partial charge in [-0.3, -0.25) is 19.8 Å². The molecular weight excluding hydrogens is 424 g/mol. The summed E-state index contributed by atoms with van der Waals surface area (Å²) < 4.78 is 5.48. The van der Waals surface area contributed by atoms with E-state index in [1.165, 1.54) is 11.0 Å². The molecule has 6 nitrogen and oxygen atoms in total. The van der Waals surface area contributed by atoms with Gasteiger partial charge in [-0.2, -0.15) is 0 Å². The number of phenolic OH excluding ortho intramolecular Hbond substituents is 1. The maximum atomic E-state index is 13.1. The molecule has 0 unspecified atom stereocenters. The first kappa shape index (κ1) is 21.5. The highest BCUT2D eigenvalue weighted by Gasteiger charge is 2.35. The van der Waals surface area contributed by atoms with E-state index in [-0.39, 0.29) is 22.2 Å². The summed E-state index contributed by atoms with van der Waals surface area (Å²) in [5.74, 6) is -0.971. The van der Waals surface area contributed by atoms with Gasteiger partial charge >= 0.3 is 0 Å². The molecular formula is C22H19ClN2O4S. The Hall–Kier alpha value is -3.16. The molecule has 2 aromatic carbocycles. The SMILES string of the molecule is C=CCc1cc(/C=C2\C(=O)NC(=S)N(c3ccccc3Cl)C2=O)cc(OCC)c1O. The van der Waals surface area contributed by atoms with Crippen LogP contribution in [0.2, 0.25) is 5.02 Å². The van der Waals surface area contributed by atoms with E-state index in [1.54, 1.807) is 49.4 Å². The Kier molecular flexibility index (Phi) is 6.54. The van der Waals surface area contributed by atoms with Crippen molar-refractivity contribution in [1.82, 2.24) is 5.32 Å². The maximum absolute atomic E-state index is 13.1. The molecule has 0 aromatic heterocycles. The number of allylic oxidation sites excluding steroid dienone is 1. The van der Waals surface area contributed by atoms with Gasteiger partial charge in [-0.15, -0.1) is 6.58 Å². The first-order valence-electron chi connectivity index (χ1n) is 9.13. The van der Waals surface area contributed by atoms with Crippen LogP contribution in [0.5, 0.6) is 11.5 Å². The fourth-order valence-electron chi connectivity index (χ4n) is 3.03. The largest absolute Gasteiger partial charge is 0.504 e. The zero-order chi connectivity index (χ0) is 21.8. The molecule has 30 heavy (non-hydrogen) atoms. The minimum absolute atomic E-state index is 0.00260. The number of anilines is 1. The van der Waals surface area contributed by atoms with Crippen LogP contribution in [0.4, 0.5) is 5.69 Å². The Bertz CT molecular complexity index is 1080. The Morgan fingerprint density at radius 1 is 1.30 bits per heavy atom. The van der Waals surface area contributed by atoms with Gasteiger partial charge in [-0.05, 0) is 61.5 Å². The number of carbonyl (C=O) groups excluding carboxylic acids is 2. The van der Waals surface area contributed by atoms with Crippen LogP contribution < -0.4 is 15.0 Å². The van der Waals surface area contributed by atoms with Gasteiger partial charge in [0, 0.05) is 5.56 Å². The van der Waals surface area contributed by atoms with Crippen molar-refractivity contribution in [2.75, 3.05) is 11.5 Å². The molecule has 0 radical (unpaired) electrons. The molecule has 154 valence electrons. The Morgan fingerprint density at radius 3 is 2.70 bits per heavy atom. The summed E-state index contributed by atoms with van der Waals surface area (Å²) in [5.41, 5.74) is 1.32. The molecule has 0 saturated carbocycles. The molecule has 0 atom stereocenters. The normalized spacial score (nSPS) is 15.3. The molecule has 2 aromatic rings. The second-order valence-corrected chi connectivity index (χ2v) is 7.16. The molecule has 1 saturated heterocycles. The number of phenols is 1. The van der Waals surface area contributed by atoms with Crippen LogP contribution in [0, 0.1) is 0 Å². The van der Waals surface area contributed by atoms with E-state index in [1.807, 2.05) is 0 Å². The third-order valence-electron chi connectivity index (χ3n) is 4.35. The summed E-state index contributed by atoms with van der Waals surface area (Å²) in [6, 6.07) is 9.93. The molecule has 1 fully saturated rings. The first-order valence-corrected chi connectivity index (χ1v) is 9.91. The number of aromatic hydroxyl groups is 1. The summed E-state index contributed by atoms with van der Waals surface area (Å²) in [7, 11) is 0. The molecule has 8 heteroatoms. The molecule has 1 aliphatic heterocycles. The summed E-state index contributed by atoms with van der Waals surface area (Å²) in [4.78, 5) is 26.9. The number of para-hydroxylation sites is 1. The van der Waals surface area contributed by atoms with E-state index in [0.29, 0.717) is 34.9 Å². The fourth-order valence-corrected chi connectivity index (χ4v) is 3.52. The highest BCUT2D eigenvalue weighted by molar-refractivity contribution is 7.80. The number of amides is 2. The molecule has 1 heterocycles. The predicted octanol–water partition coefficient (Wildman–Crippen LogP) is 4.00. The number of hydrogen-bond acceptors (Lipinski definition) is 5. The van der Waals surface area contributed by atoms with Crippen molar-refractivity contribution in [1.29, 1.82) is 0 Å². The van der Waals surface area contributed by atoms with Gasteiger partial charge in [0.2, 0.25) is 0 Å². The Labute approximate surface area is 184 Å². The van der Waals surface area contributed by atoms with Crippen LogP contribution in [0.15, 0.2) is 54.6 Å². The van der Waals surface area contributed by atoms with E-state index in [9.17, 15) is 14.7 Å². The molecule has 0 bridgehead atoms. The third kappa shape index (κ3) is 4.22. The van der Waals surface area contributed by atoms with E-state index in [4.69, 9.17) is 28.6 Å². The van der Waals surface area contributed by atoms with E-state index < -0.39 is 11.8 Å². The van der Waals surface area contributed by atoms with Crippen LogP contribution in [0.1, 0.15) is 18.1 Å². The van der Waals surface area contributed by atoms with Crippen LogP contribution in [-0.2, 0) is 16.0 Å². The summed E-state index contributed by atoms with van der Waals surface area (Å²) in [6.07, 6.45) is 3.45. The second-order valence-electron chi connectivity index (χ2n) is 6.36. The van der Waals surface area contributed by atoms with Crippen molar-refractivity contribution >= 4 is 52.5 Å². The lowest BCUT2D eigenvalue weighted by Gasteiger charge is -2.29. The molecule has 2 N–H and O–H groups in total. The quantitative estimate of drug-likeness (QED) is 0.306. The zero-order valence-corrected chi connectivity index (χ0v) is 17.7. The van der Waals surface area contributed by atoms with Crippen molar-refractivity contribution < 1.29 is 19.4 Å². The van der Waals surface area contributed by atoms with Gasteiger partial charge in [0.1, 0.15) is 5.57 Å². The van der Waals surface area contributed by atoms with Crippen LogP contribution in [-0.4, -0.2) is 28.6 Å². The van der Waals surface area contributed by atoms with Crippen molar-refractivity contribution in [2.24, 2.45) is 0 Å². The highest BCUT2D eigenvalue weighted by atomic mass is 35.5. The molecule has 3 rings (SSSR count). The van der Waals surface area contributed by atoms with Gasteiger partial charge in [0.25, 0.3) is 11.8 Å². The average molecular weight is 443 g/mol. The zero-order valence-electron chi connectivity index (χ0n) is 16.1. The monoisotopic (exact) mass is 442 g/mol. The van der Waals surface area contributed by atoms with E-state index in [2.05, 4.69) is 11.9 Å². The maximum Gasteiger partial charge on any atom is 0.270 e. The first-order chi connectivity index (χ1) is 14.4. The number of nitrogens with zero attached hydrogens (tertiary/aromatic N) is 1. The smallest absolute Gasteiger partial charge is 0.270 e. The lowest BCUT2D eigenvalue weighted by Crippen LogP contribution is -2.54. The minimum atomic E-state index is -0.621. The van der Waals surface area contributed by atoms with Crippen molar-refractivity contribution in [3.63, 3.8) is 0 Å². The van der Waals surface area contributed by atoms with E-state index in [0.717, 1.165) is 0 Å². The lowest BCUT2D eigenvalue weighted by molar-refractivity contribution is -0.122. The topological polar surface area (TPSA) is 78.9 Å². The van der Waals surface area contributed by atoms with Crippen LogP contribution in [0.25, 0.3) is 6.08 Å². The summed E-state index contributed by atoms with van der Waals surface area (Å²) in [6.45, 7) is 5.82. The van der Waals surface area contributed by atoms with Gasteiger partial charge in [-0.1, -0.05) is 29.8 Å². The van der Waals surface area contributed by atoms with Gasteiger partial charge in [-0.25, -0.2) is 0 Å². The number of benzene rings is 2. The fraction of sp³-hybridized carbons (Fsp3) is 0.136. The number of rotatable bonds is 6. The van der Waals surface area contributed by atoms with Gasteiger partial charge < -0.3 is 9.84 Å². The minimum Gasteiger partial charge on any atom is -0.504 e. The standard InChI is InChI=1S/C22H19ClN2O4S/c1-3-7-14-10-13(12-18(19(14)26)29-4-2)11-15-20(27)24-22(30)25(21(15)28)17-9-6-5-8-16(17)23/h3,5-6,8-12,26H,1,4,7H2,2H3,(H,24,27,30)/b15-11+. The third-order valence-corrected chi connectivity index (χ3v) is 4.95. The van der Waals surface area contributed by atoms with Crippen molar-refractivity contribution in [2.45, 2.75) is 13.3 Å². The number of carbonyl (C=O) groups is 2. The van der Waals surface area contributed by atoms with Crippen molar-refractivity contribution in [3.05, 3.63) is 70.8 Å². The van der Waals surface area contributed by atoms with Crippen LogP contribution in [0.3, 0.4) is 0 Å². The number of halogens is 1. The van der Waals surface area contributed by atoms with Crippen molar-refractivity contribution in [3.8, 4) is 11.5 Å².